The minimum atomic E-state index is -0.273. The highest BCUT2D eigenvalue weighted by molar-refractivity contribution is 7.12. The van der Waals surface area contributed by atoms with Crippen LogP contribution < -0.4 is 4.74 Å². The van der Waals surface area contributed by atoms with Crippen LogP contribution in [0.4, 0.5) is 0 Å². The fourth-order valence-electron chi connectivity index (χ4n) is 5.02. The molecule has 2 amide bonds. The van der Waals surface area contributed by atoms with Gasteiger partial charge >= 0.3 is 0 Å². The van der Waals surface area contributed by atoms with Crippen molar-refractivity contribution in [3.05, 3.63) is 52.2 Å². The number of hydrazone groups is 1. The first-order chi connectivity index (χ1) is 17.6. The van der Waals surface area contributed by atoms with Gasteiger partial charge in [-0.3, -0.25) is 14.5 Å². The number of morpholine rings is 1. The van der Waals surface area contributed by atoms with Crippen molar-refractivity contribution in [2.45, 2.75) is 31.7 Å². The van der Waals surface area contributed by atoms with E-state index in [0.717, 1.165) is 60.8 Å². The van der Waals surface area contributed by atoms with E-state index in [1.165, 1.54) is 0 Å². The molecule has 0 unspecified atom stereocenters. The lowest BCUT2D eigenvalue weighted by Gasteiger charge is -2.34. The molecule has 1 aromatic heterocycles. The summed E-state index contributed by atoms with van der Waals surface area (Å²) < 4.78 is 11.1. The van der Waals surface area contributed by atoms with Gasteiger partial charge in [-0.2, -0.15) is 5.10 Å². The molecule has 5 rings (SSSR count). The van der Waals surface area contributed by atoms with E-state index in [2.05, 4.69) is 4.90 Å². The smallest absolute Gasteiger partial charge is 0.262 e. The van der Waals surface area contributed by atoms with E-state index in [4.69, 9.17) is 14.6 Å². The summed E-state index contributed by atoms with van der Waals surface area (Å²) in [6.07, 6.45) is 3.51. The topological polar surface area (TPSA) is 74.7 Å². The zero-order valence-corrected chi connectivity index (χ0v) is 21.6. The molecule has 36 heavy (non-hydrogen) atoms. The first-order valence-electron chi connectivity index (χ1n) is 12.8. The highest BCUT2D eigenvalue weighted by Gasteiger charge is 2.37. The molecule has 9 heteroatoms. The van der Waals surface area contributed by atoms with Gasteiger partial charge in [0.05, 0.1) is 37.0 Å². The van der Waals surface area contributed by atoms with Gasteiger partial charge in [0.1, 0.15) is 12.3 Å². The maximum Gasteiger partial charge on any atom is 0.262 e. The lowest BCUT2D eigenvalue weighted by atomic mass is 9.84. The highest BCUT2D eigenvalue weighted by Crippen LogP contribution is 2.38. The van der Waals surface area contributed by atoms with Crippen LogP contribution in [0.15, 0.2) is 46.9 Å². The van der Waals surface area contributed by atoms with E-state index < -0.39 is 0 Å². The molecule has 0 radical (unpaired) electrons. The van der Waals surface area contributed by atoms with E-state index in [9.17, 15) is 9.59 Å². The third-order valence-corrected chi connectivity index (χ3v) is 8.27. The van der Waals surface area contributed by atoms with Gasteiger partial charge in [-0.15, -0.1) is 11.3 Å². The second-order valence-electron chi connectivity index (χ2n) is 9.57. The quantitative estimate of drug-likeness (QED) is 0.517. The van der Waals surface area contributed by atoms with Crippen LogP contribution in [0.2, 0.25) is 0 Å². The third-order valence-electron chi connectivity index (χ3n) is 7.35. The van der Waals surface area contributed by atoms with Crippen molar-refractivity contribution in [3.8, 4) is 5.75 Å². The zero-order chi connectivity index (χ0) is 24.9. The van der Waals surface area contributed by atoms with Crippen LogP contribution in [0.1, 0.15) is 42.2 Å². The Kier molecular flexibility index (Phi) is 7.99. The van der Waals surface area contributed by atoms with Gasteiger partial charge in [0.15, 0.2) is 0 Å². The summed E-state index contributed by atoms with van der Waals surface area (Å²) in [5.74, 6) is 0.708. The molecule has 0 bridgehead atoms. The molecule has 1 saturated carbocycles. The molecule has 3 aliphatic rings. The molecule has 192 valence electrons. The highest BCUT2D eigenvalue weighted by atomic mass is 32.1. The van der Waals surface area contributed by atoms with Gasteiger partial charge < -0.3 is 14.4 Å². The summed E-state index contributed by atoms with van der Waals surface area (Å²) in [4.78, 5) is 32.2. The monoisotopic (exact) mass is 510 g/mol. The number of amides is 2. The minimum Gasteiger partial charge on any atom is -0.496 e. The number of nitrogens with zero attached hydrogens (tertiary/aromatic N) is 4. The lowest BCUT2D eigenvalue weighted by Crippen LogP contribution is -2.49. The van der Waals surface area contributed by atoms with E-state index in [1.807, 2.05) is 41.8 Å². The zero-order valence-electron chi connectivity index (χ0n) is 20.8. The molecule has 2 aliphatic heterocycles. The summed E-state index contributed by atoms with van der Waals surface area (Å²) in [6.45, 7) is 4.46. The van der Waals surface area contributed by atoms with Crippen molar-refractivity contribution in [1.29, 1.82) is 0 Å². The number of hydrogen-bond acceptors (Lipinski definition) is 7. The van der Waals surface area contributed by atoms with E-state index in [-0.39, 0.29) is 30.3 Å². The normalized spacial score (nSPS) is 20.6. The molecular formula is C27H34N4O4S. The molecule has 3 heterocycles. The van der Waals surface area contributed by atoms with Crippen molar-refractivity contribution < 1.29 is 19.1 Å². The number of methoxy groups -OCH3 is 1. The van der Waals surface area contributed by atoms with Crippen molar-refractivity contribution >= 4 is 28.9 Å². The Morgan fingerprint density at radius 3 is 2.67 bits per heavy atom. The number of carbonyl (C=O) groups is 2. The third kappa shape index (κ3) is 5.48. The number of thiophene rings is 1. The molecule has 1 aromatic carbocycles. The van der Waals surface area contributed by atoms with Crippen LogP contribution in [0.3, 0.4) is 0 Å². The van der Waals surface area contributed by atoms with Crippen LogP contribution in [0.25, 0.3) is 0 Å². The fourth-order valence-corrected chi connectivity index (χ4v) is 5.74. The molecule has 0 N–H and O–H groups in total. The molecule has 1 aliphatic carbocycles. The summed E-state index contributed by atoms with van der Waals surface area (Å²) in [5.41, 5.74) is 1.81. The second-order valence-corrected chi connectivity index (χ2v) is 10.5. The largest absolute Gasteiger partial charge is 0.496 e. The van der Waals surface area contributed by atoms with Crippen LogP contribution in [0.5, 0.6) is 5.75 Å². The van der Waals surface area contributed by atoms with Crippen LogP contribution >= 0.6 is 11.3 Å². The van der Waals surface area contributed by atoms with Crippen molar-refractivity contribution in [1.82, 2.24) is 14.8 Å². The summed E-state index contributed by atoms with van der Waals surface area (Å²) in [6, 6.07) is 11.5. The number of benzene rings is 1. The maximum absolute atomic E-state index is 13.8. The van der Waals surface area contributed by atoms with Gasteiger partial charge in [-0.05, 0) is 30.4 Å². The van der Waals surface area contributed by atoms with Crippen LogP contribution in [-0.4, -0.2) is 85.4 Å². The minimum absolute atomic E-state index is 0.0343. The SMILES string of the molecule is COc1ccccc1[C@@H]1CC(c2cccs2)=NN1C(=O)CN(CCN1CCOCC1)C(=O)C1CCC1. The average Bonchev–Trinajstić information content (AvgIpc) is 3.56. The average molecular weight is 511 g/mol. The first-order valence-corrected chi connectivity index (χ1v) is 13.7. The Balaban J connectivity index is 1.36. The Hall–Kier alpha value is -2.75. The van der Waals surface area contributed by atoms with E-state index in [0.29, 0.717) is 26.2 Å². The lowest BCUT2D eigenvalue weighted by molar-refractivity contribution is -0.145. The number of rotatable bonds is 9. The maximum atomic E-state index is 13.8. The van der Waals surface area contributed by atoms with Crippen LogP contribution in [0, 0.1) is 5.92 Å². The van der Waals surface area contributed by atoms with E-state index >= 15 is 0 Å². The number of carbonyl (C=O) groups excluding carboxylic acids is 2. The van der Waals surface area contributed by atoms with Gasteiger partial charge in [0.2, 0.25) is 5.91 Å². The van der Waals surface area contributed by atoms with Crippen molar-refractivity contribution in [3.63, 3.8) is 0 Å². The Bertz CT molecular complexity index is 1080. The molecule has 1 atom stereocenters. The number of para-hydroxylation sites is 1. The van der Waals surface area contributed by atoms with Gasteiger partial charge in [-0.25, -0.2) is 5.01 Å². The number of ether oxygens (including phenoxy) is 2. The first kappa shape index (κ1) is 24.9. The molecule has 1 saturated heterocycles. The van der Waals surface area contributed by atoms with Crippen LogP contribution in [-0.2, 0) is 14.3 Å². The predicted octanol–water partition coefficient (Wildman–Crippen LogP) is 3.40. The molecule has 2 aromatic rings. The Morgan fingerprint density at radius 1 is 1.17 bits per heavy atom. The molecule has 0 spiro atoms. The van der Waals surface area contributed by atoms with Crippen molar-refractivity contribution in [2.24, 2.45) is 11.0 Å². The van der Waals surface area contributed by atoms with Crippen molar-refractivity contribution in [2.75, 3.05) is 53.0 Å². The molecule has 8 nitrogen and oxygen atoms in total. The second kappa shape index (κ2) is 11.5. The standard InChI is InChI=1S/C27H34N4O4S/c1-34-24-9-3-2-8-21(24)23-18-22(25-10-5-17-36-25)28-31(23)26(32)19-30(27(33)20-6-4-7-20)12-11-29-13-15-35-16-14-29/h2-3,5,8-10,17,20,23H,4,6-7,11-16,18-19H2,1H3/t23-/m0/s1. The van der Waals surface area contributed by atoms with Gasteiger partial charge in [0, 0.05) is 44.1 Å². The van der Waals surface area contributed by atoms with E-state index in [1.54, 1.807) is 28.4 Å². The molecular weight excluding hydrogens is 476 g/mol. The van der Waals surface area contributed by atoms with Gasteiger partial charge in [-0.1, -0.05) is 30.7 Å². The summed E-state index contributed by atoms with van der Waals surface area (Å²) >= 11 is 1.62. The predicted molar refractivity (Wildman–Crippen MR) is 139 cm³/mol. The van der Waals surface area contributed by atoms with Gasteiger partial charge in [0.25, 0.3) is 5.91 Å². The Labute approximate surface area is 216 Å². The summed E-state index contributed by atoms with van der Waals surface area (Å²) in [5, 5.41) is 8.40. The Morgan fingerprint density at radius 2 is 1.97 bits per heavy atom. The summed E-state index contributed by atoms with van der Waals surface area (Å²) in [7, 11) is 1.64. The fraction of sp³-hybridized carbons (Fsp3) is 0.519. The number of hydrogen-bond donors (Lipinski definition) is 0. The molecule has 2 fully saturated rings.